The third kappa shape index (κ3) is 5.93. The number of phenolic OH excluding ortho intramolecular Hbond substituents is 1. The fraction of sp³-hybridized carbons (Fsp3) is 0.400. The van der Waals surface area contributed by atoms with Crippen LogP contribution in [-0.2, 0) is 13.0 Å². The first-order valence-corrected chi connectivity index (χ1v) is 10.2. The zero-order chi connectivity index (χ0) is 22.3. The minimum absolute atomic E-state index is 0.00299. The quantitative estimate of drug-likeness (QED) is 0.515. The standard InChI is InChI=1S/C25H29NO4/c1-5-6-22-19(9-12-21(17(2)27)24(22)29)16-30-20-10-7-18(8-11-20)23(28)15-25(3,4)13-14-26/h7-12,29H,5-6,13,15-16H2,1-4H3. The predicted octanol–water partition coefficient (Wildman–Crippen LogP) is 5.64. The largest absolute Gasteiger partial charge is 0.507 e. The van der Waals surface area contributed by atoms with Gasteiger partial charge in [0.1, 0.15) is 18.1 Å². The van der Waals surface area contributed by atoms with Gasteiger partial charge in [-0.25, -0.2) is 0 Å². The van der Waals surface area contributed by atoms with Gasteiger partial charge in [0.2, 0.25) is 0 Å². The fourth-order valence-corrected chi connectivity index (χ4v) is 3.34. The highest BCUT2D eigenvalue weighted by atomic mass is 16.5. The van der Waals surface area contributed by atoms with Gasteiger partial charge in [-0.3, -0.25) is 9.59 Å². The topological polar surface area (TPSA) is 87.4 Å². The molecule has 5 heteroatoms. The van der Waals surface area contributed by atoms with Gasteiger partial charge in [0, 0.05) is 24.0 Å². The molecule has 0 amide bonds. The van der Waals surface area contributed by atoms with Gasteiger partial charge in [0.05, 0.1) is 11.6 Å². The van der Waals surface area contributed by atoms with Crippen LogP contribution < -0.4 is 4.74 Å². The monoisotopic (exact) mass is 407 g/mol. The summed E-state index contributed by atoms with van der Waals surface area (Å²) in [6.45, 7) is 7.52. The van der Waals surface area contributed by atoms with Gasteiger partial charge in [-0.1, -0.05) is 33.3 Å². The Labute approximate surface area is 178 Å². The number of nitrogens with zero attached hydrogens (tertiary/aromatic N) is 1. The molecule has 0 aromatic heterocycles. The van der Waals surface area contributed by atoms with Gasteiger partial charge >= 0.3 is 0 Å². The Kier molecular flexibility index (Phi) is 7.77. The van der Waals surface area contributed by atoms with Gasteiger partial charge < -0.3 is 9.84 Å². The van der Waals surface area contributed by atoms with Gasteiger partial charge in [-0.05, 0) is 54.7 Å². The third-order valence-electron chi connectivity index (χ3n) is 5.03. The minimum atomic E-state index is -0.356. The first-order valence-electron chi connectivity index (χ1n) is 10.2. The normalized spacial score (nSPS) is 11.0. The molecule has 0 aliphatic carbocycles. The molecule has 158 valence electrons. The van der Waals surface area contributed by atoms with Crippen molar-refractivity contribution in [2.75, 3.05) is 0 Å². The molecule has 2 aromatic carbocycles. The van der Waals surface area contributed by atoms with Crippen molar-refractivity contribution in [3.05, 3.63) is 58.7 Å². The second-order valence-electron chi connectivity index (χ2n) is 8.32. The van der Waals surface area contributed by atoms with Gasteiger partial charge in [0.25, 0.3) is 0 Å². The van der Waals surface area contributed by atoms with E-state index in [-0.39, 0.29) is 29.3 Å². The molecule has 0 fully saturated rings. The molecule has 2 rings (SSSR count). The van der Waals surface area contributed by atoms with Crippen LogP contribution in [0.4, 0.5) is 0 Å². The average molecular weight is 408 g/mol. The van der Waals surface area contributed by atoms with Crippen molar-refractivity contribution in [1.82, 2.24) is 0 Å². The van der Waals surface area contributed by atoms with Crippen molar-refractivity contribution in [2.45, 2.75) is 60.0 Å². The van der Waals surface area contributed by atoms with E-state index in [1.54, 1.807) is 30.3 Å². The summed E-state index contributed by atoms with van der Waals surface area (Å²) < 4.78 is 5.86. The first kappa shape index (κ1) is 23.2. The SMILES string of the molecule is CCCc1c(COc2ccc(C(=O)CC(C)(C)CC#N)cc2)ccc(C(C)=O)c1O. The molecule has 0 saturated heterocycles. The summed E-state index contributed by atoms with van der Waals surface area (Å²) in [7, 11) is 0. The van der Waals surface area contributed by atoms with E-state index in [4.69, 9.17) is 10.00 Å². The zero-order valence-corrected chi connectivity index (χ0v) is 18.1. The van der Waals surface area contributed by atoms with Crippen LogP contribution in [0.3, 0.4) is 0 Å². The summed E-state index contributed by atoms with van der Waals surface area (Å²) in [5.74, 6) is 0.471. The molecule has 0 unspecified atom stereocenters. The number of carbonyl (C=O) groups excluding carboxylic acids is 2. The summed E-state index contributed by atoms with van der Waals surface area (Å²) in [6.07, 6.45) is 2.12. The first-order chi connectivity index (χ1) is 14.2. The minimum Gasteiger partial charge on any atom is -0.507 e. The molecule has 5 nitrogen and oxygen atoms in total. The molecule has 0 bridgehead atoms. The zero-order valence-electron chi connectivity index (χ0n) is 18.1. The third-order valence-corrected chi connectivity index (χ3v) is 5.03. The van der Waals surface area contributed by atoms with E-state index in [1.165, 1.54) is 6.92 Å². The molecular weight excluding hydrogens is 378 g/mol. The molecule has 30 heavy (non-hydrogen) atoms. The highest BCUT2D eigenvalue weighted by Crippen LogP contribution is 2.30. The van der Waals surface area contributed by atoms with Crippen molar-refractivity contribution in [1.29, 1.82) is 5.26 Å². The maximum atomic E-state index is 12.5. The van der Waals surface area contributed by atoms with E-state index in [9.17, 15) is 14.7 Å². The number of Topliss-reactive ketones (excluding diaryl/α,β-unsaturated/α-hetero) is 2. The van der Waals surface area contributed by atoms with E-state index < -0.39 is 0 Å². The summed E-state index contributed by atoms with van der Waals surface area (Å²) in [5, 5.41) is 19.3. The van der Waals surface area contributed by atoms with Crippen molar-refractivity contribution < 1.29 is 19.4 Å². The summed E-state index contributed by atoms with van der Waals surface area (Å²) in [4.78, 5) is 24.1. The molecule has 0 radical (unpaired) electrons. The van der Waals surface area contributed by atoms with Crippen LogP contribution in [0, 0.1) is 16.7 Å². The highest BCUT2D eigenvalue weighted by molar-refractivity contribution is 5.97. The summed E-state index contributed by atoms with van der Waals surface area (Å²) >= 11 is 0. The number of ketones is 2. The summed E-state index contributed by atoms with van der Waals surface area (Å²) in [5.41, 5.74) is 2.12. The lowest BCUT2D eigenvalue weighted by atomic mass is 9.83. The molecule has 0 aliphatic rings. The Balaban J connectivity index is 2.10. The van der Waals surface area contributed by atoms with Crippen LogP contribution in [0.15, 0.2) is 36.4 Å². The number of aromatic hydroxyl groups is 1. The Morgan fingerprint density at radius 1 is 1.13 bits per heavy atom. The van der Waals surface area contributed by atoms with E-state index in [0.29, 0.717) is 36.1 Å². The van der Waals surface area contributed by atoms with Crippen molar-refractivity contribution >= 4 is 11.6 Å². The van der Waals surface area contributed by atoms with Crippen LogP contribution in [-0.4, -0.2) is 16.7 Å². The number of phenols is 1. The summed E-state index contributed by atoms with van der Waals surface area (Å²) in [6, 6.07) is 12.5. The van der Waals surface area contributed by atoms with Crippen LogP contribution in [0.25, 0.3) is 0 Å². The predicted molar refractivity (Wildman–Crippen MR) is 116 cm³/mol. The number of ether oxygens (including phenoxy) is 1. The molecule has 2 aromatic rings. The molecular formula is C25H29NO4. The molecule has 0 aliphatic heterocycles. The van der Waals surface area contributed by atoms with E-state index >= 15 is 0 Å². The van der Waals surface area contributed by atoms with E-state index in [2.05, 4.69) is 6.07 Å². The highest BCUT2D eigenvalue weighted by Gasteiger charge is 2.22. The Bertz CT molecular complexity index is 952. The lowest BCUT2D eigenvalue weighted by Crippen LogP contribution is -2.16. The molecule has 1 N–H and O–H groups in total. The van der Waals surface area contributed by atoms with Crippen molar-refractivity contribution in [3.8, 4) is 17.6 Å². The van der Waals surface area contributed by atoms with Gasteiger partial charge in [0.15, 0.2) is 11.6 Å². The molecule has 0 saturated carbocycles. The fourth-order valence-electron chi connectivity index (χ4n) is 3.34. The smallest absolute Gasteiger partial charge is 0.163 e. The van der Waals surface area contributed by atoms with Crippen molar-refractivity contribution in [3.63, 3.8) is 0 Å². The van der Waals surface area contributed by atoms with Crippen molar-refractivity contribution in [2.24, 2.45) is 5.41 Å². The lowest BCUT2D eigenvalue weighted by Gasteiger charge is -2.19. The molecule has 0 atom stereocenters. The Hall–Kier alpha value is -3.13. The van der Waals surface area contributed by atoms with E-state index in [0.717, 1.165) is 17.5 Å². The number of nitriles is 1. The second-order valence-corrected chi connectivity index (χ2v) is 8.32. The number of rotatable bonds is 10. The molecule has 0 heterocycles. The van der Waals surface area contributed by atoms with Crippen LogP contribution in [0.5, 0.6) is 11.5 Å². The Morgan fingerprint density at radius 3 is 2.37 bits per heavy atom. The maximum absolute atomic E-state index is 12.5. The second kappa shape index (κ2) is 10.1. The average Bonchev–Trinajstić information content (AvgIpc) is 2.68. The van der Waals surface area contributed by atoms with Crippen LogP contribution in [0.2, 0.25) is 0 Å². The van der Waals surface area contributed by atoms with Crippen LogP contribution >= 0.6 is 0 Å². The number of hydrogen-bond acceptors (Lipinski definition) is 5. The van der Waals surface area contributed by atoms with Gasteiger partial charge in [-0.2, -0.15) is 5.26 Å². The number of hydrogen-bond donors (Lipinski definition) is 1. The van der Waals surface area contributed by atoms with Crippen LogP contribution in [0.1, 0.15) is 78.8 Å². The number of carbonyl (C=O) groups is 2. The maximum Gasteiger partial charge on any atom is 0.163 e. The van der Waals surface area contributed by atoms with E-state index in [1.807, 2.05) is 26.8 Å². The Morgan fingerprint density at radius 2 is 1.80 bits per heavy atom. The number of benzene rings is 2. The molecule has 0 spiro atoms. The van der Waals surface area contributed by atoms with Gasteiger partial charge in [-0.15, -0.1) is 0 Å². The lowest BCUT2D eigenvalue weighted by molar-refractivity contribution is 0.0932.